The highest BCUT2D eigenvalue weighted by Gasteiger charge is 2.19. The van der Waals surface area contributed by atoms with E-state index in [1.54, 1.807) is 0 Å². The van der Waals surface area contributed by atoms with E-state index in [-0.39, 0.29) is 18.3 Å². The summed E-state index contributed by atoms with van der Waals surface area (Å²) in [5.74, 6) is -0.363. The van der Waals surface area contributed by atoms with Crippen molar-refractivity contribution in [1.82, 2.24) is 0 Å². The third-order valence-electron chi connectivity index (χ3n) is 1.08. The molecule has 0 saturated heterocycles. The molecular formula is C5H6O3. The zero-order valence-electron chi connectivity index (χ0n) is 4.47. The summed E-state index contributed by atoms with van der Waals surface area (Å²) < 4.78 is 4.46. The number of Topliss-reactive ketones (excluding diaryl/α,β-unsaturated/α-hetero) is 1. The minimum Gasteiger partial charge on any atom is -0.481 e. The molecule has 0 aromatic heterocycles. The summed E-state index contributed by atoms with van der Waals surface area (Å²) in [5.41, 5.74) is 0.324. The molecule has 1 aliphatic heterocycles. The van der Waals surface area contributed by atoms with Gasteiger partial charge in [-0.15, -0.1) is 0 Å². The summed E-state index contributed by atoms with van der Waals surface area (Å²) in [7, 11) is 0. The minimum atomic E-state index is -0.227. The maximum atomic E-state index is 10.4. The van der Waals surface area contributed by atoms with Gasteiger partial charge in [-0.1, -0.05) is 0 Å². The molecule has 0 aliphatic carbocycles. The molecule has 44 valence electrons. The SMILES string of the molecule is CC1=C(O)OCC1=O. The first kappa shape index (κ1) is 5.15. The zero-order chi connectivity index (χ0) is 6.15. The van der Waals surface area contributed by atoms with Crippen molar-refractivity contribution in [2.45, 2.75) is 6.92 Å². The van der Waals surface area contributed by atoms with Crippen LogP contribution in [-0.4, -0.2) is 17.5 Å². The van der Waals surface area contributed by atoms with Crippen LogP contribution in [0.25, 0.3) is 0 Å². The summed E-state index contributed by atoms with van der Waals surface area (Å²) in [6, 6.07) is 0. The summed E-state index contributed by atoms with van der Waals surface area (Å²) in [4.78, 5) is 10.4. The van der Waals surface area contributed by atoms with Crippen LogP contribution < -0.4 is 0 Å². The molecule has 0 bridgehead atoms. The van der Waals surface area contributed by atoms with Gasteiger partial charge in [-0.05, 0) is 6.92 Å². The summed E-state index contributed by atoms with van der Waals surface area (Å²) >= 11 is 0. The van der Waals surface area contributed by atoms with Crippen molar-refractivity contribution in [3.8, 4) is 0 Å². The van der Waals surface area contributed by atoms with Crippen molar-refractivity contribution in [2.24, 2.45) is 0 Å². The number of carbonyl (C=O) groups excluding carboxylic acids is 1. The van der Waals surface area contributed by atoms with Gasteiger partial charge in [0.15, 0.2) is 6.61 Å². The molecule has 3 nitrogen and oxygen atoms in total. The smallest absolute Gasteiger partial charge is 0.283 e. The fourth-order valence-corrected chi connectivity index (χ4v) is 0.470. The number of ketones is 1. The van der Waals surface area contributed by atoms with Gasteiger partial charge in [-0.25, -0.2) is 0 Å². The lowest BCUT2D eigenvalue weighted by Crippen LogP contribution is -1.97. The van der Waals surface area contributed by atoms with Gasteiger partial charge in [0.05, 0.1) is 5.57 Å². The van der Waals surface area contributed by atoms with Crippen molar-refractivity contribution in [1.29, 1.82) is 0 Å². The van der Waals surface area contributed by atoms with Crippen LogP contribution in [0.15, 0.2) is 11.5 Å². The molecule has 0 unspecified atom stereocenters. The van der Waals surface area contributed by atoms with E-state index in [1.807, 2.05) is 0 Å². The average Bonchev–Trinajstić information content (AvgIpc) is 1.98. The summed E-state index contributed by atoms with van der Waals surface area (Å²) in [5, 5.41) is 8.60. The maximum Gasteiger partial charge on any atom is 0.283 e. The summed E-state index contributed by atoms with van der Waals surface area (Å²) in [6.45, 7) is 1.53. The molecule has 0 amide bonds. The second-order valence-corrected chi connectivity index (χ2v) is 1.64. The molecular weight excluding hydrogens is 108 g/mol. The van der Waals surface area contributed by atoms with E-state index >= 15 is 0 Å². The van der Waals surface area contributed by atoms with Crippen LogP contribution in [-0.2, 0) is 9.53 Å². The molecule has 0 saturated carbocycles. The quantitative estimate of drug-likeness (QED) is 0.495. The van der Waals surface area contributed by atoms with Crippen LogP contribution in [0.5, 0.6) is 0 Å². The fraction of sp³-hybridized carbons (Fsp3) is 0.400. The molecule has 1 N–H and O–H groups in total. The Labute approximate surface area is 46.6 Å². The van der Waals surface area contributed by atoms with Crippen LogP contribution in [0.2, 0.25) is 0 Å². The van der Waals surface area contributed by atoms with Gasteiger partial charge in [0.2, 0.25) is 5.78 Å². The van der Waals surface area contributed by atoms with Crippen LogP contribution in [0, 0.1) is 0 Å². The molecule has 1 heterocycles. The molecule has 0 aromatic rings. The monoisotopic (exact) mass is 114 g/mol. The second kappa shape index (κ2) is 1.51. The lowest BCUT2D eigenvalue weighted by atomic mass is 10.2. The Morgan fingerprint density at radius 2 is 2.38 bits per heavy atom. The van der Waals surface area contributed by atoms with E-state index in [1.165, 1.54) is 6.92 Å². The molecule has 0 fully saturated rings. The average molecular weight is 114 g/mol. The highest BCUT2D eigenvalue weighted by atomic mass is 16.6. The lowest BCUT2D eigenvalue weighted by molar-refractivity contribution is -0.116. The molecule has 8 heavy (non-hydrogen) atoms. The van der Waals surface area contributed by atoms with Gasteiger partial charge in [0.1, 0.15) is 0 Å². The van der Waals surface area contributed by atoms with Crippen LogP contribution in [0.3, 0.4) is 0 Å². The Kier molecular flexibility index (Phi) is 0.970. The molecule has 0 radical (unpaired) electrons. The number of carbonyl (C=O) groups is 1. The number of hydrogen-bond acceptors (Lipinski definition) is 3. The minimum absolute atomic E-state index is 0.00231. The number of hydrogen-bond donors (Lipinski definition) is 1. The normalized spacial score (nSPS) is 19.4. The molecule has 0 spiro atoms. The lowest BCUT2D eigenvalue weighted by Gasteiger charge is -1.87. The standard InChI is InChI=1S/C5H6O3/c1-3-4(6)2-8-5(3)7/h7H,2H2,1H3. The van der Waals surface area contributed by atoms with Gasteiger partial charge >= 0.3 is 0 Å². The number of aliphatic hydroxyl groups excluding tert-OH is 1. The van der Waals surface area contributed by atoms with Crippen LogP contribution in [0.4, 0.5) is 0 Å². The second-order valence-electron chi connectivity index (χ2n) is 1.64. The largest absolute Gasteiger partial charge is 0.481 e. The maximum absolute atomic E-state index is 10.4. The topological polar surface area (TPSA) is 46.5 Å². The first-order valence-electron chi connectivity index (χ1n) is 2.27. The predicted molar refractivity (Wildman–Crippen MR) is 26.3 cm³/mol. The Bertz CT molecular complexity index is 157. The van der Waals surface area contributed by atoms with Gasteiger partial charge < -0.3 is 9.84 Å². The molecule has 3 heteroatoms. The van der Waals surface area contributed by atoms with Crippen molar-refractivity contribution in [3.63, 3.8) is 0 Å². The Hall–Kier alpha value is -0.990. The van der Waals surface area contributed by atoms with Crippen molar-refractivity contribution < 1.29 is 14.6 Å². The van der Waals surface area contributed by atoms with E-state index in [4.69, 9.17) is 5.11 Å². The number of rotatable bonds is 0. The Morgan fingerprint density at radius 3 is 2.50 bits per heavy atom. The van der Waals surface area contributed by atoms with E-state index in [0.717, 1.165) is 0 Å². The Morgan fingerprint density at radius 1 is 1.75 bits per heavy atom. The molecule has 0 aromatic carbocycles. The van der Waals surface area contributed by atoms with Gasteiger partial charge in [0.25, 0.3) is 5.95 Å². The van der Waals surface area contributed by atoms with Crippen molar-refractivity contribution in [2.75, 3.05) is 6.61 Å². The van der Waals surface area contributed by atoms with Gasteiger partial charge in [-0.2, -0.15) is 0 Å². The summed E-state index contributed by atoms with van der Waals surface area (Å²) in [6.07, 6.45) is 0. The van der Waals surface area contributed by atoms with Crippen LogP contribution in [0.1, 0.15) is 6.92 Å². The third-order valence-corrected chi connectivity index (χ3v) is 1.08. The number of aliphatic hydroxyl groups is 1. The molecule has 1 rings (SSSR count). The molecule has 1 aliphatic rings. The highest BCUT2D eigenvalue weighted by Crippen LogP contribution is 2.10. The first-order valence-corrected chi connectivity index (χ1v) is 2.27. The van der Waals surface area contributed by atoms with E-state index in [9.17, 15) is 4.79 Å². The van der Waals surface area contributed by atoms with E-state index in [2.05, 4.69) is 4.74 Å². The zero-order valence-corrected chi connectivity index (χ0v) is 4.47. The van der Waals surface area contributed by atoms with E-state index in [0.29, 0.717) is 5.57 Å². The molecule has 0 atom stereocenters. The number of ether oxygens (including phenoxy) is 1. The Balaban J connectivity index is 2.86. The first-order chi connectivity index (χ1) is 3.72. The highest BCUT2D eigenvalue weighted by molar-refractivity contribution is 5.97. The van der Waals surface area contributed by atoms with Crippen LogP contribution >= 0.6 is 0 Å². The predicted octanol–water partition coefficient (Wildman–Crippen LogP) is 0.375. The van der Waals surface area contributed by atoms with Crippen molar-refractivity contribution in [3.05, 3.63) is 11.5 Å². The third kappa shape index (κ3) is 0.559. The van der Waals surface area contributed by atoms with Gasteiger partial charge in [-0.3, -0.25) is 4.79 Å². The van der Waals surface area contributed by atoms with E-state index < -0.39 is 0 Å². The van der Waals surface area contributed by atoms with Gasteiger partial charge in [0, 0.05) is 0 Å². The fourth-order valence-electron chi connectivity index (χ4n) is 0.470. The van der Waals surface area contributed by atoms with Crippen molar-refractivity contribution >= 4 is 5.78 Å².